The van der Waals surface area contributed by atoms with Crippen LogP contribution in [-0.4, -0.2) is 42.2 Å². The summed E-state index contributed by atoms with van der Waals surface area (Å²) in [6.07, 6.45) is 1.41. The summed E-state index contributed by atoms with van der Waals surface area (Å²) >= 11 is 0. The van der Waals surface area contributed by atoms with Crippen LogP contribution in [-0.2, 0) is 14.3 Å². The second-order valence-corrected chi connectivity index (χ2v) is 5.94. The van der Waals surface area contributed by atoms with Crippen LogP contribution in [0.2, 0.25) is 0 Å². The van der Waals surface area contributed by atoms with Gasteiger partial charge in [-0.1, -0.05) is 11.8 Å². The number of carbonyl (C=O) groups is 1. The number of hydrogen-bond acceptors (Lipinski definition) is 5. The van der Waals surface area contributed by atoms with Gasteiger partial charge in [0.25, 0.3) is 0 Å². The molecule has 0 aromatic heterocycles. The van der Waals surface area contributed by atoms with Crippen molar-refractivity contribution in [2.45, 2.75) is 58.0 Å². The molecule has 0 atom stereocenters. The van der Waals surface area contributed by atoms with E-state index in [0.29, 0.717) is 12.3 Å². The van der Waals surface area contributed by atoms with Gasteiger partial charge in [-0.25, -0.2) is 0 Å². The lowest BCUT2D eigenvalue weighted by Gasteiger charge is -2.45. The van der Waals surface area contributed by atoms with E-state index in [9.17, 15) is 4.79 Å². The molecule has 5 heteroatoms. The fraction of sp³-hybridized carbons (Fsp3) is 0.733. The molecule has 0 saturated carbocycles. The predicted octanol–water partition coefficient (Wildman–Crippen LogP) is 2.17. The van der Waals surface area contributed by atoms with E-state index < -0.39 is 0 Å². The zero-order chi connectivity index (χ0) is 15.4. The molecule has 1 heterocycles. The van der Waals surface area contributed by atoms with Crippen molar-refractivity contribution < 1.29 is 14.3 Å². The molecule has 0 fully saturated rings. The Kier molecular flexibility index (Phi) is 5.04. The monoisotopic (exact) mass is 280 g/mol. The van der Waals surface area contributed by atoms with E-state index in [1.807, 2.05) is 18.9 Å². The Bertz CT molecular complexity index is 455. The van der Waals surface area contributed by atoms with Crippen LogP contribution in [0.5, 0.6) is 0 Å². The van der Waals surface area contributed by atoms with Crippen molar-refractivity contribution in [1.82, 2.24) is 5.01 Å². The SMILES string of the molecule is COC(=O)CCC(=NN1C(C)(C)C#CCC1(C)C)OC. The third kappa shape index (κ3) is 3.89. The quantitative estimate of drug-likeness (QED) is 0.343. The van der Waals surface area contributed by atoms with E-state index in [0.717, 1.165) is 6.42 Å². The van der Waals surface area contributed by atoms with Crippen molar-refractivity contribution in [1.29, 1.82) is 0 Å². The molecular weight excluding hydrogens is 256 g/mol. The van der Waals surface area contributed by atoms with Crippen molar-refractivity contribution in [3.63, 3.8) is 0 Å². The summed E-state index contributed by atoms with van der Waals surface area (Å²) in [5.41, 5.74) is -0.541. The topological polar surface area (TPSA) is 51.1 Å². The van der Waals surface area contributed by atoms with Crippen LogP contribution in [0, 0.1) is 11.8 Å². The second kappa shape index (κ2) is 6.17. The van der Waals surface area contributed by atoms with Gasteiger partial charge in [-0.15, -0.1) is 5.10 Å². The standard InChI is InChI=1S/C15H24N2O3/c1-14(2)10-7-11-15(3,4)17(14)16-12(19-5)8-9-13(18)20-6/h8-10H2,1-6H3. The van der Waals surface area contributed by atoms with Crippen LogP contribution in [0.25, 0.3) is 0 Å². The van der Waals surface area contributed by atoms with Crippen molar-refractivity contribution in [2.24, 2.45) is 5.10 Å². The minimum Gasteiger partial charge on any atom is -0.483 e. The van der Waals surface area contributed by atoms with Gasteiger partial charge in [0.1, 0.15) is 5.54 Å². The first-order valence-electron chi connectivity index (χ1n) is 6.71. The fourth-order valence-electron chi connectivity index (χ4n) is 2.24. The van der Waals surface area contributed by atoms with E-state index in [4.69, 9.17) is 4.74 Å². The average Bonchev–Trinajstić information content (AvgIpc) is 2.36. The van der Waals surface area contributed by atoms with Crippen molar-refractivity contribution in [2.75, 3.05) is 14.2 Å². The number of esters is 1. The fourth-order valence-corrected chi connectivity index (χ4v) is 2.24. The molecule has 0 spiro atoms. The molecule has 0 radical (unpaired) electrons. The number of rotatable bonds is 4. The summed E-state index contributed by atoms with van der Waals surface area (Å²) in [5, 5.41) is 6.55. The minimum absolute atomic E-state index is 0.177. The molecule has 0 N–H and O–H groups in total. The highest BCUT2D eigenvalue weighted by Gasteiger charge is 2.38. The Hall–Kier alpha value is -1.70. The highest BCUT2D eigenvalue weighted by Crippen LogP contribution is 2.31. The zero-order valence-electron chi connectivity index (χ0n) is 13.2. The highest BCUT2D eigenvalue weighted by molar-refractivity contribution is 5.81. The molecule has 0 aromatic carbocycles. The van der Waals surface area contributed by atoms with E-state index in [-0.39, 0.29) is 23.5 Å². The number of nitrogens with zero attached hydrogens (tertiary/aromatic N) is 2. The lowest BCUT2D eigenvalue weighted by molar-refractivity contribution is -0.140. The van der Waals surface area contributed by atoms with Gasteiger partial charge in [0.15, 0.2) is 0 Å². The van der Waals surface area contributed by atoms with Crippen LogP contribution < -0.4 is 0 Å². The Morgan fingerprint density at radius 1 is 1.20 bits per heavy atom. The second-order valence-electron chi connectivity index (χ2n) is 5.94. The van der Waals surface area contributed by atoms with Crippen LogP contribution in [0.4, 0.5) is 0 Å². The van der Waals surface area contributed by atoms with Gasteiger partial charge in [-0.05, 0) is 27.7 Å². The van der Waals surface area contributed by atoms with Crippen LogP contribution >= 0.6 is 0 Å². The normalized spacial score (nSPS) is 19.9. The maximum Gasteiger partial charge on any atom is 0.306 e. The molecule has 1 aliphatic rings. The van der Waals surface area contributed by atoms with Crippen LogP contribution in [0.1, 0.15) is 47.0 Å². The number of ether oxygens (including phenoxy) is 2. The minimum atomic E-state index is -0.364. The summed E-state index contributed by atoms with van der Waals surface area (Å²) in [6, 6.07) is 0. The van der Waals surface area contributed by atoms with E-state index in [1.165, 1.54) is 7.11 Å². The molecule has 0 bridgehead atoms. The Morgan fingerprint density at radius 2 is 1.85 bits per heavy atom. The highest BCUT2D eigenvalue weighted by atomic mass is 16.5. The van der Waals surface area contributed by atoms with E-state index >= 15 is 0 Å². The Morgan fingerprint density at radius 3 is 2.35 bits per heavy atom. The molecule has 0 aromatic rings. The Labute approximate surface area is 121 Å². The predicted molar refractivity (Wildman–Crippen MR) is 78.1 cm³/mol. The first-order valence-corrected chi connectivity index (χ1v) is 6.71. The number of carbonyl (C=O) groups excluding carboxylic acids is 1. The molecule has 5 nitrogen and oxygen atoms in total. The smallest absolute Gasteiger partial charge is 0.306 e. The molecule has 0 aliphatic carbocycles. The van der Waals surface area contributed by atoms with Gasteiger partial charge >= 0.3 is 5.97 Å². The summed E-state index contributed by atoms with van der Waals surface area (Å²) in [5.74, 6) is 6.60. The van der Waals surface area contributed by atoms with Gasteiger partial charge in [-0.2, -0.15) is 0 Å². The number of hydrazone groups is 1. The number of hydrogen-bond donors (Lipinski definition) is 0. The van der Waals surface area contributed by atoms with E-state index in [1.54, 1.807) is 7.11 Å². The largest absolute Gasteiger partial charge is 0.483 e. The van der Waals surface area contributed by atoms with Gasteiger partial charge < -0.3 is 9.47 Å². The molecule has 0 saturated heterocycles. The van der Waals surface area contributed by atoms with Gasteiger partial charge in [0, 0.05) is 12.8 Å². The van der Waals surface area contributed by atoms with Gasteiger partial charge in [0.05, 0.1) is 26.2 Å². The van der Waals surface area contributed by atoms with Crippen molar-refractivity contribution in [3.05, 3.63) is 0 Å². The van der Waals surface area contributed by atoms with Gasteiger partial charge in [0.2, 0.25) is 5.90 Å². The molecule has 0 unspecified atom stereocenters. The summed E-state index contributed by atoms with van der Waals surface area (Å²) in [7, 11) is 2.93. The van der Waals surface area contributed by atoms with Gasteiger partial charge in [-0.3, -0.25) is 9.80 Å². The van der Waals surface area contributed by atoms with Crippen molar-refractivity contribution >= 4 is 11.9 Å². The zero-order valence-corrected chi connectivity index (χ0v) is 13.2. The third-order valence-corrected chi connectivity index (χ3v) is 3.24. The molecule has 20 heavy (non-hydrogen) atoms. The first-order chi connectivity index (χ1) is 9.23. The first kappa shape index (κ1) is 16.4. The molecule has 1 rings (SSSR count). The lowest BCUT2D eigenvalue weighted by atomic mass is 9.89. The van der Waals surface area contributed by atoms with Crippen LogP contribution in [0.15, 0.2) is 5.10 Å². The maximum atomic E-state index is 11.2. The number of methoxy groups -OCH3 is 2. The molecular formula is C15H24N2O3. The lowest BCUT2D eigenvalue weighted by Crippen LogP contribution is -2.54. The van der Waals surface area contributed by atoms with Crippen LogP contribution in [0.3, 0.4) is 0 Å². The maximum absolute atomic E-state index is 11.2. The third-order valence-electron chi connectivity index (χ3n) is 3.24. The Balaban J connectivity index is 2.92. The summed E-state index contributed by atoms with van der Waals surface area (Å²) < 4.78 is 9.92. The summed E-state index contributed by atoms with van der Waals surface area (Å²) in [6.45, 7) is 8.25. The molecule has 112 valence electrons. The molecule has 0 amide bonds. The average molecular weight is 280 g/mol. The van der Waals surface area contributed by atoms with E-state index in [2.05, 4.69) is 35.5 Å². The molecule has 1 aliphatic heterocycles. The summed E-state index contributed by atoms with van der Waals surface area (Å²) in [4.78, 5) is 11.2. The van der Waals surface area contributed by atoms with Crippen molar-refractivity contribution in [3.8, 4) is 11.8 Å².